The SMILES string of the molecule is O=C1Nc2cc(N3CCS(=O)CC3)c(Br)cc2C1O. The monoisotopic (exact) mass is 344 g/mol. The van der Waals surface area contributed by atoms with Gasteiger partial charge in [-0.15, -0.1) is 0 Å². The molecule has 1 atom stereocenters. The Hall–Kier alpha value is -0.920. The van der Waals surface area contributed by atoms with Crippen LogP contribution in [0.4, 0.5) is 11.4 Å². The average molecular weight is 345 g/mol. The van der Waals surface area contributed by atoms with E-state index in [4.69, 9.17) is 0 Å². The minimum absolute atomic E-state index is 0.390. The molecule has 1 fully saturated rings. The third-order valence-corrected chi connectivity index (χ3v) is 5.35. The van der Waals surface area contributed by atoms with Crippen LogP contribution in [0.15, 0.2) is 16.6 Å². The molecule has 2 aliphatic rings. The molecule has 1 aromatic rings. The van der Waals surface area contributed by atoms with E-state index in [0.29, 0.717) is 22.8 Å². The van der Waals surface area contributed by atoms with E-state index in [1.807, 2.05) is 6.07 Å². The smallest absolute Gasteiger partial charge is 0.257 e. The molecule has 1 saturated heterocycles. The topological polar surface area (TPSA) is 69.6 Å². The minimum Gasteiger partial charge on any atom is -0.378 e. The lowest BCUT2D eigenvalue weighted by atomic mass is 10.1. The van der Waals surface area contributed by atoms with E-state index < -0.39 is 22.8 Å². The van der Waals surface area contributed by atoms with Crippen molar-refractivity contribution >= 4 is 44.0 Å². The Kier molecular flexibility index (Phi) is 3.36. The molecule has 0 bridgehead atoms. The molecule has 1 amide bonds. The minimum atomic E-state index is -1.09. The number of aliphatic hydroxyl groups is 1. The van der Waals surface area contributed by atoms with Crippen molar-refractivity contribution in [3.63, 3.8) is 0 Å². The van der Waals surface area contributed by atoms with Crippen LogP contribution in [0, 0.1) is 0 Å². The van der Waals surface area contributed by atoms with Gasteiger partial charge < -0.3 is 15.3 Å². The first-order valence-corrected chi connectivity index (χ1v) is 8.26. The molecule has 0 aromatic heterocycles. The number of rotatable bonds is 1. The number of hydrogen-bond donors (Lipinski definition) is 2. The van der Waals surface area contributed by atoms with E-state index in [-0.39, 0.29) is 0 Å². The first kappa shape index (κ1) is 13.1. The molecule has 7 heteroatoms. The van der Waals surface area contributed by atoms with Gasteiger partial charge in [0.05, 0.1) is 5.69 Å². The summed E-state index contributed by atoms with van der Waals surface area (Å²) in [6.07, 6.45) is -1.09. The van der Waals surface area contributed by atoms with E-state index in [1.54, 1.807) is 6.07 Å². The molecule has 19 heavy (non-hydrogen) atoms. The number of halogens is 1. The van der Waals surface area contributed by atoms with Gasteiger partial charge in [-0.25, -0.2) is 0 Å². The Morgan fingerprint density at radius 3 is 2.74 bits per heavy atom. The molecule has 0 saturated carbocycles. The van der Waals surface area contributed by atoms with Crippen LogP contribution in [0.5, 0.6) is 0 Å². The molecular weight excluding hydrogens is 332 g/mol. The van der Waals surface area contributed by atoms with Crippen LogP contribution in [0.1, 0.15) is 11.7 Å². The molecule has 0 aliphatic carbocycles. The molecule has 5 nitrogen and oxygen atoms in total. The summed E-state index contributed by atoms with van der Waals surface area (Å²) in [6.45, 7) is 1.47. The van der Waals surface area contributed by atoms with Gasteiger partial charge in [0.1, 0.15) is 0 Å². The third kappa shape index (κ3) is 2.30. The van der Waals surface area contributed by atoms with Crippen LogP contribution >= 0.6 is 15.9 Å². The molecule has 2 N–H and O–H groups in total. The van der Waals surface area contributed by atoms with Gasteiger partial charge in [-0.3, -0.25) is 9.00 Å². The molecule has 1 aromatic carbocycles. The molecule has 102 valence electrons. The maximum absolute atomic E-state index is 11.4. The highest BCUT2D eigenvalue weighted by atomic mass is 79.9. The van der Waals surface area contributed by atoms with Crippen LogP contribution in [-0.2, 0) is 15.6 Å². The predicted molar refractivity (Wildman–Crippen MR) is 77.8 cm³/mol. The second kappa shape index (κ2) is 4.88. The fraction of sp³-hybridized carbons (Fsp3) is 0.417. The van der Waals surface area contributed by atoms with Gasteiger partial charge in [-0.1, -0.05) is 0 Å². The van der Waals surface area contributed by atoms with E-state index in [2.05, 4.69) is 26.1 Å². The molecular formula is C12H13BrN2O3S. The molecule has 1 unspecified atom stereocenters. The Labute approximate surface area is 121 Å². The summed E-state index contributed by atoms with van der Waals surface area (Å²) >= 11 is 3.48. The number of aliphatic hydroxyl groups excluding tert-OH is 1. The van der Waals surface area contributed by atoms with Crippen LogP contribution in [-0.4, -0.2) is 39.8 Å². The lowest BCUT2D eigenvalue weighted by Gasteiger charge is -2.29. The Bertz CT molecular complexity index is 568. The Balaban J connectivity index is 1.94. The van der Waals surface area contributed by atoms with Crippen molar-refractivity contribution in [1.82, 2.24) is 0 Å². The van der Waals surface area contributed by atoms with Crippen LogP contribution in [0.25, 0.3) is 0 Å². The van der Waals surface area contributed by atoms with Crippen LogP contribution < -0.4 is 10.2 Å². The second-order valence-electron chi connectivity index (χ2n) is 4.62. The highest BCUT2D eigenvalue weighted by Gasteiger charge is 2.30. The van der Waals surface area contributed by atoms with Crippen molar-refractivity contribution < 1.29 is 14.1 Å². The Morgan fingerprint density at radius 1 is 1.37 bits per heavy atom. The first-order chi connectivity index (χ1) is 9.06. The number of benzene rings is 1. The number of hydrogen-bond acceptors (Lipinski definition) is 4. The molecule has 0 radical (unpaired) electrons. The van der Waals surface area contributed by atoms with Gasteiger partial charge in [0.15, 0.2) is 6.10 Å². The zero-order valence-corrected chi connectivity index (χ0v) is 12.5. The van der Waals surface area contributed by atoms with Gasteiger partial charge in [0.2, 0.25) is 0 Å². The van der Waals surface area contributed by atoms with E-state index in [9.17, 15) is 14.1 Å². The lowest BCUT2D eigenvalue weighted by molar-refractivity contribution is -0.123. The standard InChI is InChI=1S/C12H13BrN2O3S/c13-8-5-7-9(14-12(17)11(7)16)6-10(8)15-1-3-19(18)4-2-15/h5-6,11,16H,1-4H2,(H,14,17). The number of nitrogens with one attached hydrogen (secondary N) is 1. The maximum Gasteiger partial charge on any atom is 0.257 e. The average Bonchev–Trinajstić information content (AvgIpc) is 2.66. The summed E-state index contributed by atoms with van der Waals surface area (Å²) in [4.78, 5) is 13.6. The molecule has 2 heterocycles. The van der Waals surface area contributed by atoms with Crippen LogP contribution in [0.3, 0.4) is 0 Å². The van der Waals surface area contributed by atoms with Crippen LogP contribution in [0.2, 0.25) is 0 Å². The zero-order chi connectivity index (χ0) is 13.6. The summed E-state index contributed by atoms with van der Waals surface area (Å²) in [5, 5.41) is 12.4. The predicted octanol–water partition coefficient (Wildman–Crippen LogP) is 1.00. The van der Waals surface area contributed by atoms with Crippen molar-refractivity contribution in [1.29, 1.82) is 0 Å². The summed E-state index contributed by atoms with van der Waals surface area (Å²) in [5.74, 6) is 0.940. The molecule has 3 rings (SSSR count). The number of fused-ring (bicyclic) bond motifs is 1. The summed E-state index contributed by atoms with van der Waals surface area (Å²) in [7, 11) is -0.719. The third-order valence-electron chi connectivity index (χ3n) is 3.44. The molecule has 2 aliphatic heterocycles. The van der Waals surface area contributed by atoms with E-state index >= 15 is 0 Å². The maximum atomic E-state index is 11.4. The number of anilines is 2. The number of amides is 1. The van der Waals surface area contributed by atoms with Gasteiger partial charge in [0.25, 0.3) is 5.91 Å². The summed E-state index contributed by atoms with van der Waals surface area (Å²) in [5.41, 5.74) is 2.22. The molecule has 0 spiro atoms. The highest BCUT2D eigenvalue weighted by molar-refractivity contribution is 9.10. The van der Waals surface area contributed by atoms with Gasteiger partial charge in [-0.2, -0.15) is 0 Å². The fourth-order valence-electron chi connectivity index (χ4n) is 2.38. The van der Waals surface area contributed by atoms with E-state index in [1.165, 1.54) is 0 Å². The van der Waals surface area contributed by atoms with E-state index in [0.717, 1.165) is 23.2 Å². The second-order valence-corrected chi connectivity index (χ2v) is 7.17. The van der Waals surface area contributed by atoms with Gasteiger partial charge >= 0.3 is 0 Å². The number of carbonyl (C=O) groups is 1. The van der Waals surface area contributed by atoms with Crippen molar-refractivity contribution in [3.8, 4) is 0 Å². The Morgan fingerprint density at radius 2 is 2.05 bits per heavy atom. The van der Waals surface area contributed by atoms with Crippen molar-refractivity contribution in [2.24, 2.45) is 0 Å². The zero-order valence-electron chi connectivity index (χ0n) is 10.1. The summed E-state index contributed by atoms with van der Waals surface area (Å²) in [6, 6.07) is 3.64. The quantitative estimate of drug-likeness (QED) is 0.797. The number of nitrogens with zero attached hydrogens (tertiary/aromatic N) is 1. The lowest BCUT2D eigenvalue weighted by Crippen LogP contribution is -2.37. The first-order valence-electron chi connectivity index (χ1n) is 5.98. The van der Waals surface area contributed by atoms with Gasteiger partial charge in [-0.05, 0) is 28.1 Å². The van der Waals surface area contributed by atoms with Crippen molar-refractivity contribution in [2.75, 3.05) is 34.8 Å². The van der Waals surface area contributed by atoms with Gasteiger partial charge in [0, 0.05) is 51.1 Å². The largest absolute Gasteiger partial charge is 0.378 e. The van der Waals surface area contributed by atoms with Crippen molar-refractivity contribution in [2.45, 2.75) is 6.10 Å². The normalized spacial score (nSPS) is 23.4. The fourth-order valence-corrected chi connectivity index (χ4v) is 4.04. The highest BCUT2D eigenvalue weighted by Crippen LogP contribution is 2.39. The van der Waals surface area contributed by atoms with Crippen molar-refractivity contribution in [3.05, 3.63) is 22.2 Å². The summed E-state index contributed by atoms with van der Waals surface area (Å²) < 4.78 is 12.2. The number of carbonyl (C=O) groups excluding carboxylic acids is 1.